The van der Waals surface area contributed by atoms with E-state index in [1.807, 2.05) is 13.1 Å². The Morgan fingerprint density at radius 3 is 2.80 bits per heavy atom. The fourth-order valence-corrected chi connectivity index (χ4v) is 3.71. The Hall–Kier alpha value is -2.33. The Morgan fingerprint density at radius 1 is 1.20 bits per heavy atom. The molecular weight excluding hydrogens is 310 g/mol. The molecule has 1 aliphatic rings. The lowest BCUT2D eigenvalue weighted by molar-refractivity contribution is 0.223. The van der Waals surface area contributed by atoms with Crippen LogP contribution in [0, 0.1) is 6.92 Å². The number of H-pyrrole nitrogens is 1. The Morgan fingerprint density at radius 2 is 2.08 bits per heavy atom. The largest absolute Gasteiger partial charge is 0.489 e. The molecular formula is C21H25N3O. The number of pyridine rings is 1. The molecule has 0 unspecified atom stereocenters. The molecule has 3 heterocycles. The van der Waals surface area contributed by atoms with E-state index in [0.717, 1.165) is 36.5 Å². The third kappa shape index (κ3) is 3.14. The predicted octanol–water partition coefficient (Wildman–Crippen LogP) is 4.40. The molecule has 1 saturated heterocycles. The van der Waals surface area contributed by atoms with Crippen LogP contribution in [0.15, 0.2) is 36.5 Å². The van der Waals surface area contributed by atoms with Crippen LogP contribution < -0.4 is 10.1 Å². The molecule has 1 fully saturated rings. The van der Waals surface area contributed by atoms with Crippen molar-refractivity contribution < 1.29 is 4.74 Å². The van der Waals surface area contributed by atoms with Gasteiger partial charge in [0.2, 0.25) is 0 Å². The minimum atomic E-state index is 0.279. The van der Waals surface area contributed by atoms with Gasteiger partial charge in [-0.3, -0.25) is 4.98 Å². The maximum atomic E-state index is 6.17. The average Bonchev–Trinajstić information content (AvgIpc) is 3.21. The first-order valence-electron chi connectivity index (χ1n) is 9.08. The molecule has 2 aromatic heterocycles. The molecule has 0 bridgehead atoms. The maximum Gasteiger partial charge on any atom is 0.120 e. The number of benzene rings is 1. The number of aryl methyl sites for hydroxylation is 1. The highest BCUT2D eigenvalue weighted by Gasteiger charge is 2.19. The zero-order valence-electron chi connectivity index (χ0n) is 15.1. The third-order valence-electron chi connectivity index (χ3n) is 4.89. The van der Waals surface area contributed by atoms with Crippen LogP contribution in [0.3, 0.4) is 0 Å². The van der Waals surface area contributed by atoms with Gasteiger partial charge in [0.1, 0.15) is 11.9 Å². The second-order valence-electron chi connectivity index (χ2n) is 7.19. The van der Waals surface area contributed by atoms with E-state index in [4.69, 9.17) is 4.74 Å². The van der Waals surface area contributed by atoms with Crippen molar-refractivity contribution in [3.05, 3.63) is 47.8 Å². The highest BCUT2D eigenvalue weighted by molar-refractivity contribution is 5.92. The quantitative estimate of drug-likeness (QED) is 0.743. The van der Waals surface area contributed by atoms with Crippen LogP contribution in [-0.2, 0) is 0 Å². The summed E-state index contributed by atoms with van der Waals surface area (Å²) in [5.74, 6) is 1.38. The van der Waals surface area contributed by atoms with Crippen molar-refractivity contribution >= 4 is 10.9 Å². The van der Waals surface area contributed by atoms with Gasteiger partial charge in [-0.15, -0.1) is 0 Å². The van der Waals surface area contributed by atoms with Gasteiger partial charge in [-0.25, -0.2) is 0 Å². The standard InChI is InChI=1S/C21H25N3O/c1-13(2)20-18-11-16(25-17-7-8-22-12-17)4-5-19(18)24-21(20)15-6-9-23-14(3)10-15/h4-6,9-11,13,17,22,24H,7-8,12H2,1-3H3/t17-/m1/s1. The Labute approximate surface area is 148 Å². The molecule has 3 aromatic rings. The molecule has 0 saturated carbocycles. The molecule has 130 valence electrons. The Bertz CT molecular complexity index is 891. The highest BCUT2D eigenvalue weighted by atomic mass is 16.5. The summed E-state index contributed by atoms with van der Waals surface area (Å²) in [6.07, 6.45) is 3.23. The molecule has 0 radical (unpaired) electrons. The monoisotopic (exact) mass is 335 g/mol. The van der Waals surface area contributed by atoms with E-state index >= 15 is 0 Å². The average molecular weight is 335 g/mol. The number of rotatable bonds is 4. The second-order valence-corrected chi connectivity index (χ2v) is 7.19. The summed E-state index contributed by atoms with van der Waals surface area (Å²) in [7, 11) is 0. The lowest BCUT2D eigenvalue weighted by atomic mass is 9.96. The summed E-state index contributed by atoms with van der Waals surface area (Å²) >= 11 is 0. The molecule has 4 heteroatoms. The van der Waals surface area contributed by atoms with Gasteiger partial charge in [-0.05, 0) is 61.7 Å². The number of fused-ring (bicyclic) bond motifs is 1. The van der Waals surface area contributed by atoms with Crippen molar-refractivity contribution in [1.82, 2.24) is 15.3 Å². The van der Waals surface area contributed by atoms with Crippen LogP contribution in [0.25, 0.3) is 22.2 Å². The lowest BCUT2D eigenvalue weighted by Crippen LogP contribution is -2.19. The van der Waals surface area contributed by atoms with Gasteiger partial charge in [0, 0.05) is 34.9 Å². The third-order valence-corrected chi connectivity index (χ3v) is 4.89. The van der Waals surface area contributed by atoms with Crippen LogP contribution >= 0.6 is 0 Å². The van der Waals surface area contributed by atoms with E-state index < -0.39 is 0 Å². The Balaban J connectivity index is 1.80. The first-order chi connectivity index (χ1) is 12.1. The van der Waals surface area contributed by atoms with Crippen LogP contribution in [0.5, 0.6) is 5.75 Å². The molecule has 0 spiro atoms. The van der Waals surface area contributed by atoms with Crippen LogP contribution in [0.1, 0.15) is 37.4 Å². The second kappa shape index (κ2) is 6.52. The van der Waals surface area contributed by atoms with E-state index in [-0.39, 0.29) is 6.10 Å². The predicted molar refractivity (Wildman–Crippen MR) is 102 cm³/mol. The zero-order valence-corrected chi connectivity index (χ0v) is 15.1. The summed E-state index contributed by atoms with van der Waals surface area (Å²) in [4.78, 5) is 7.94. The topological polar surface area (TPSA) is 49.9 Å². The van der Waals surface area contributed by atoms with E-state index in [9.17, 15) is 0 Å². The van der Waals surface area contributed by atoms with Gasteiger partial charge in [0.25, 0.3) is 0 Å². The number of aromatic amines is 1. The Kier molecular flexibility index (Phi) is 4.22. The maximum absolute atomic E-state index is 6.17. The van der Waals surface area contributed by atoms with Gasteiger partial charge < -0.3 is 15.0 Å². The van der Waals surface area contributed by atoms with Crippen molar-refractivity contribution in [2.24, 2.45) is 0 Å². The molecule has 2 N–H and O–H groups in total. The zero-order chi connectivity index (χ0) is 17.4. The summed E-state index contributed by atoms with van der Waals surface area (Å²) in [5, 5.41) is 4.61. The number of nitrogens with one attached hydrogen (secondary N) is 2. The number of ether oxygens (including phenoxy) is 1. The highest BCUT2D eigenvalue weighted by Crippen LogP contribution is 2.37. The minimum absolute atomic E-state index is 0.279. The van der Waals surface area contributed by atoms with E-state index in [0.29, 0.717) is 5.92 Å². The summed E-state index contributed by atoms with van der Waals surface area (Å²) in [6, 6.07) is 10.6. The van der Waals surface area contributed by atoms with Crippen molar-refractivity contribution in [1.29, 1.82) is 0 Å². The summed E-state index contributed by atoms with van der Waals surface area (Å²) in [6.45, 7) is 8.50. The summed E-state index contributed by atoms with van der Waals surface area (Å²) in [5.41, 5.74) is 5.91. The lowest BCUT2D eigenvalue weighted by Gasteiger charge is -2.13. The van der Waals surface area contributed by atoms with Crippen LogP contribution in [0.4, 0.5) is 0 Å². The van der Waals surface area contributed by atoms with Crippen molar-refractivity contribution in [3.63, 3.8) is 0 Å². The molecule has 1 atom stereocenters. The minimum Gasteiger partial charge on any atom is -0.489 e. The van der Waals surface area contributed by atoms with Gasteiger partial charge in [-0.1, -0.05) is 13.8 Å². The molecule has 0 aliphatic carbocycles. The summed E-state index contributed by atoms with van der Waals surface area (Å²) < 4.78 is 6.17. The van der Waals surface area contributed by atoms with Gasteiger partial charge >= 0.3 is 0 Å². The van der Waals surface area contributed by atoms with Crippen molar-refractivity contribution in [3.8, 4) is 17.0 Å². The van der Waals surface area contributed by atoms with Crippen LogP contribution in [-0.4, -0.2) is 29.2 Å². The van der Waals surface area contributed by atoms with Gasteiger partial charge in [0.15, 0.2) is 0 Å². The molecule has 25 heavy (non-hydrogen) atoms. The molecule has 4 rings (SSSR count). The molecule has 1 aliphatic heterocycles. The van der Waals surface area contributed by atoms with Crippen molar-refractivity contribution in [2.75, 3.05) is 13.1 Å². The van der Waals surface area contributed by atoms with Gasteiger partial charge in [-0.2, -0.15) is 0 Å². The number of hydrogen-bond donors (Lipinski definition) is 2. The first-order valence-corrected chi connectivity index (χ1v) is 9.08. The van der Waals surface area contributed by atoms with Crippen molar-refractivity contribution in [2.45, 2.75) is 39.2 Å². The number of aromatic nitrogens is 2. The molecule has 0 amide bonds. The molecule has 4 nitrogen and oxygen atoms in total. The van der Waals surface area contributed by atoms with E-state index in [1.165, 1.54) is 22.2 Å². The smallest absolute Gasteiger partial charge is 0.120 e. The first kappa shape index (κ1) is 16.2. The SMILES string of the molecule is Cc1cc(-c2[nH]c3ccc(O[C@@H]4CCNC4)cc3c2C(C)C)ccn1. The number of hydrogen-bond acceptors (Lipinski definition) is 3. The van der Waals surface area contributed by atoms with Gasteiger partial charge in [0.05, 0.1) is 5.69 Å². The van der Waals surface area contributed by atoms with Crippen LogP contribution in [0.2, 0.25) is 0 Å². The normalized spacial score (nSPS) is 17.5. The molecule has 1 aromatic carbocycles. The fraction of sp³-hybridized carbons (Fsp3) is 0.381. The van der Waals surface area contributed by atoms with E-state index in [2.05, 4.69) is 59.5 Å². The fourth-order valence-electron chi connectivity index (χ4n) is 3.71. The number of nitrogens with zero attached hydrogens (tertiary/aromatic N) is 1. The van der Waals surface area contributed by atoms with E-state index in [1.54, 1.807) is 0 Å².